The van der Waals surface area contributed by atoms with Crippen molar-refractivity contribution in [3.05, 3.63) is 35.9 Å². The summed E-state index contributed by atoms with van der Waals surface area (Å²) in [6.45, 7) is 9.21. The van der Waals surface area contributed by atoms with E-state index in [2.05, 4.69) is 18.7 Å². The van der Waals surface area contributed by atoms with Gasteiger partial charge in [-0.1, -0.05) is 32.0 Å². The van der Waals surface area contributed by atoms with Gasteiger partial charge in [0.15, 0.2) is 0 Å². The minimum absolute atomic E-state index is 0.0227. The van der Waals surface area contributed by atoms with E-state index in [9.17, 15) is 9.90 Å². The molecule has 1 aliphatic rings. The molecule has 7 heteroatoms. The first kappa shape index (κ1) is 23.8. The molecule has 1 N–H and O–H groups in total. The Balaban J connectivity index is 1.87. The van der Waals surface area contributed by atoms with E-state index in [1.54, 1.807) is 12.0 Å². The molecule has 164 valence electrons. The summed E-state index contributed by atoms with van der Waals surface area (Å²) in [5, 5.41) is 10.2. The van der Waals surface area contributed by atoms with Gasteiger partial charge in [0.25, 0.3) is 5.91 Å². The smallest absolute Gasteiger partial charge is 0.254 e. The molecule has 1 amide bonds. The number of carbonyl (C=O) groups excluding carboxylic acids is 1. The number of hydrogen-bond donors (Lipinski definition) is 1. The molecule has 0 saturated carbocycles. The molecule has 1 aromatic rings. The van der Waals surface area contributed by atoms with Crippen LogP contribution in [0.25, 0.3) is 0 Å². The number of amides is 1. The van der Waals surface area contributed by atoms with Gasteiger partial charge in [-0.3, -0.25) is 9.69 Å². The molecule has 0 spiro atoms. The zero-order valence-electron chi connectivity index (χ0n) is 18.0. The highest BCUT2D eigenvalue weighted by atomic mass is 16.5. The Morgan fingerprint density at radius 1 is 1.31 bits per heavy atom. The quantitative estimate of drug-likeness (QED) is 0.565. The van der Waals surface area contributed by atoms with Crippen molar-refractivity contribution in [1.29, 1.82) is 0 Å². The van der Waals surface area contributed by atoms with Gasteiger partial charge in [0, 0.05) is 52.0 Å². The number of nitrogens with zero attached hydrogens (tertiary/aromatic N) is 2. The maximum Gasteiger partial charge on any atom is 0.254 e. The zero-order chi connectivity index (χ0) is 21.1. The topological polar surface area (TPSA) is 71.5 Å². The van der Waals surface area contributed by atoms with E-state index in [0.717, 1.165) is 6.54 Å². The number of aliphatic hydroxyl groups excluding tert-OH is 1. The highest BCUT2D eigenvalue weighted by molar-refractivity contribution is 5.94. The summed E-state index contributed by atoms with van der Waals surface area (Å²) in [4.78, 5) is 16.9. The summed E-state index contributed by atoms with van der Waals surface area (Å²) >= 11 is 0. The fourth-order valence-corrected chi connectivity index (χ4v) is 3.33. The van der Waals surface area contributed by atoms with Gasteiger partial charge in [0.05, 0.1) is 32.0 Å². The van der Waals surface area contributed by atoms with Gasteiger partial charge in [0.1, 0.15) is 0 Å². The van der Waals surface area contributed by atoms with Crippen LogP contribution in [-0.2, 0) is 14.2 Å². The lowest BCUT2D eigenvalue weighted by molar-refractivity contribution is -0.0605. The molecule has 2 atom stereocenters. The molecule has 2 unspecified atom stereocenters. The molecule has 2 rings (SSSR count). The highest BCUT2D eigenvalue weighted by Gasteiger charge is 2.26. The second-order valence-corrected chi connectivity index (χ2v) is 7.95. The summed E-state index contributed by atoms with van der Waals surface area (Å²) in [6, 6.07) is 9.27. The molecule has 29 heavy (non-hydrogen) atoms. The van der Waals surface area contributed by atoms with Gasteiger partial charge in [-0.15, -0.1) is 0 Å². The summed E-state index contributed by atoms with van der Waals surface area (Å²) in [6.07, 6.45) is -0.625. The second kappa shape index (κ2) is 12.9. The summed E-state index contributed by atoms with van der Waals surface area (Å²) in [5.74, 6) is 0.431. The van der Waals surface area contributed by atoms with Crippen LogP contribution in [0.3, 0.4) is 0 Å². The molecule has 1 heterocycles. The summed E-state index contributed by atoms with van der Waals surface area (Å²) < 4.78 is 16.6. The van der Waals surface area contributed by atoms with Crippen molar-refractivity contribution in [2.75, 3.05) is 66.3 Å². The van der Waals surface area contributed by atoms with E-state index in [1.165, 1.54) is 0 Å². The molecule has 1 fully saturated rings. The first-order valence-electron chi connectivity index (χ1n) is 10.4. The van der Waals surface area contributed by atoms with Gasteiger partial charge < -0.3 is 24.2 Å². The summed E-state index contributed by atoms with van der Waals surface area (Å²) in [5.41, 5.74) is 0.661. The SMILES string of the molecule is COCCN(CC1CN(CC(O)COCC(C)C)CCO1)C(=O)c1ccccc1. The Hall–Kier alpha value is -1.51. The number of ether oxygens (including phenoxy) is 3. The van der Waals surface area contributed by atoms with Crippen LogP contribution in [-0.4, -0.2) is 99.3 Å². The third-order valence-corrected chi connectivity index (χ3v) is 4.75. The Bertz CT molecular complexity index is 584. The van der Waals surface area contributed by atoms with Crippen LogP contribution in [0.5, 0.6) is 0 Å². The van der Waals surface area contributed by atoms with Gasteiger partial charge in [-0.05, 0) is 18.1 Å². The predicted octanol–water partition coefficient (Wildman–Crippen LogP) is 1.51. The first-order chi connectivity index (χ1) is 14.0. The minimum atomic E-state index is -0.525. The van der Waals surface area contributed by atoms with Crippen LogP contribution in [0.1, 0.15) is 24.2 Å². The van der Waals surface area contributed by atoms with Crippen molar-refractivity contribution in [3.63, 3.8) is 0 Å². The van der Waals surface area contributed by atoms with Crippen molar-refractivity contribution in [2.45, 2.75) is 26.1 Å². The number of aliphatic hydroxyl groups is 1. The second-order valence-electron chi connectivity index (χ2n) is 7.95. The van der Waals surface area contributed by atoms with Crippen molar-refractivity contribution in [2.24, 2.45) is 5.92 Å². The average Bonchev–Trinajstić information content (AvgIpc) is 2.71. The average molecular weight is 409 g/mol. The van der Waals surface area contributed by atoms with Crippen LogP contribution < -0.4 is 0 Å². The normalized spacial score (nSPS) is 18.7. The molecular formula is C22H36N2O5. The molecule has 0 aromatic heterocycles. The van der Waals surface area contributed by atoms with E-state index in [4.69, 9.17) is 14.2 Å². The standard InChI is InChI=1S/C22H36N2O5/c1-18(2)16-28-17-20(25)13-23-9-12-29-21(14-23)15-24(10-11-27-3)22(26)19-7-5-4-6-8-19/h4-8,18,20-21,25H,9-17H2,1-3H3. The van der Waals surface area contributed by atoms with E-state index in [1.807, 2.05) is 30.3 Å². The maximum absolute atomic E-state index is 12.9. The Kier molecular flexibility index (Phi) is 10.6. The van der Waals surface area contributed by atoms with Gasteiger partial charge >= 0.3 is 0 Å². The maximum atomic E-state index is 12.9. The van der Waals surface area contributed by atoms with E-state index < -0.39 is 6.10 Å². The van der Waals surface area contributed by atoms with Crippen LogP contribution in [0.15, 0.2) is 30.3 Å². The number of rotatable bonds is 12. The van der Waals surface area contributed by atoms with Crippen molar-refractivity contribution >= 4 is 5.91 Å². The van der Waals surface area contributed by atoms with Crippen molar-refractivity contribution < 1.29 is 24.1 Å². The van der Waals surface area contributed by atoms with E-state index in [-0.39, 0.29) is 12.0 Å². The predicted molar refractivity (Wildman–Crippen MR) is 112 cm³/mol. The van der Waals surface area contributed by atoms with E-state index in [0.29, 0.717) is 64.1 Å². The molecule has 0 bridgehead atoms. The number of hydrogen-bond acceptors (Lipinski definition) is 6. The molecule has 1 aliphatic heterocycles. The Labute approximate surface area is 174 Å². The number of carbonyl (C=O) groups is 1. The third-order valence-electron chi connectivity index (χ3n) is 4.75. The molecule has 7 nitrogen and oxygen atoms in total. The third kappa shape index (κ3) is 8.80. The lowest BCUT2D eigenvalue weighted by Gasteiger charge is -2.36. The first-order valence-corrected chi connectivity index (χ1v) is 10.4. The summed E-state index contributed by atoms with van der Waals surface area (Å²) in [7, 11) is 1.63. The monoisotopic (exact) mass is 408 g/mol. The number of benzene rings is 1. The number of β-amino-alcohol motifs (C(OH)–C–C–N with tert-alkyl or cyclic N) is 1. The minimum Gasteiger partial charge on any atom is -0.389 e. The highest BCUT2D eigenvalue weighted by Crippen LogP contribution is 2.11. The fraction of sp³-hybridized carbons (Fsp3) is 0.682. The van der Waals surface area contributed by atoms with E-state index >= 15 is 0 Å². The molecule has 1 aromatic carbocycles. The zero-order valence-corrected chi connectivity index (χ0v) is 18.0. The molecule has 0 aliphatic carbocycles. The van der Waals surface area contributed by atoms with Crippen molar-refractivity contribution in [1.82, 2.24) is 9.80 Å². The van der Waals surface area contributed by atoms with Crippen LogP contribution in [0.2, 0.25) is 0 Å². The Morgan fingerprint density at radius 2 is 2.07 bits per heavy atom. The van der Waals surface area contributed by atoms with Crippen LogP contribution >= 0.6 is 0 Å². The molecule has 0 radical (unpaired) electrons. The fourth-order valence-electron chi connectivity index (χ4n) is 3.33. The Morgan fingerprint density at radius 3 is 2.76 bits per heavy atom. The van der Waals surface area contributed by atoms with Crippen molar-refractivity contribution in [3.8, 4) is 0 Å². The lowest BCUT2D eigenvalue weighted by atomic mass is 10.1. The largest absolute Gasteiger partial charge is 0.389 e. The molecular weight excluding hydrogens is 372 g/mol. The van der Waals surface area contributed by atoms with Gasteiger partial charge in [0.2, 0.25) is 0 Å². The lowest BCUT2D eigenvalue weighted by Crippen LogP contribution is -2.51. The van der Waals surface area contributed by atoms with Crippen LogP contribution in [0, 0.1) is 5.92 Å². The van der Waals surface area contributed by atoms with Crippen LogP contribution in [0.4, 0.5) is 0 Å². The number of methoxy groups -OCH3 is 1. The van der Waals surface area contributed by atoms with Gasteiger partial charge in [-0.25, -0.2) is 0 Å². The number of morpholine rings is 1. The molecule has 1 saturated heterocycles. The van der Waals surface area contributed by atoms with Gasteiger partial charge in [-0.2, -0.15) is 0 Å².